The monoisotopic (exact) mass is 240 g/mol. The van der Waals surface area contributed by atoms with Gasteiger partial charge in [-0.1, -0.05) is 13.3 Å². The van der Waals surface area contributed by atoms with Crippen LogP contribution in [0.1, 0.15) is 60.3 Å². The summed E-state index contributed by atoms with van der Waals surface area (Å²) in [6.45, 7) is 10.8. The van der Waals surface area contributed by atoms with Crippen molar-refractivity contribution in [2.75, 3.05) is 0 Å². The first-order valence-electron chi connectivity index (χ1n) is 7.09. The molecule has 0 amide bonds. The Bertz CT molecular complexity index is 283. The van der Waals surface area contributed by atoms with E-state index in [0.29, 0.717) is 5.92 Å². The van der Waals surface area contributed by atoms with E-state index < -0.39 is 0 Å². The molecule has 2 rings (SSSR count). The van der Waals surface area contributed by atoms with Crippen molar-refractivity contribution in [3.05, 3.63) is 0 Å². The highest BCUT2D eigenvalue weighted by Crippen LogP contribution is 2.47. The van der Waals surface area contributed by atoms with Crippen molar-refractivity contribution in [1.29, 1.82) is 0 Å². The van der Waals surface area contributed by atoms with Gasteiger partial charge in [0.25, 0.3) is 0 Å². The Morgan fingerprint density at radius 3 is 2.24 bits per heavy atom. The van der Waals surface area contributed by atoms with E-state index in [1.165, 1.54) is 19.3 Å². The Morgan fingerprint density at radius 1 is 1.18 bits per heavy atom. The van der Waals surface area contributed by atoms with Gasteiger partial charge < -0.3 is 9.84 Å². The number of aliphatic hydroxyl groups is 1. The molecule has 1 heterocycles. The van der Waals surface area contributed by atoms with Crippen LogP contribution < -0.4 is 0 Å². The Labute approximate surface area is 106 Å². The van der Waals surface area contributed by atoms with Crippen molar-refractivity contribution in [3.63, 3.8) is 0 Å². The molecule has 100 valence electrons. The van der Waals surface area contributed by atoms with E-state index in [1.54, 1.807) is 0 Å². The molecule has 2 fully saturated rings. The van der Waals surface area contributed by atoms with Gasteiger partial charge in [0.1, 0.15) is 0 Å². The number of hydrogen-bond acceptors (Lipinski definition) is 2. The Kier molecular flexibility index (Phi) is 3.33. The van der Waals surface area contributed by atoms with Crippen LogP contribution in [0.2, 0.25) is 0 Å². The molecule has 0 aromatic heterocycles. The van der Waals surface area contributed by atoms with Crippen LogP contribution in [0.4, 0.5) is 0 Å². The van der Waals surface area contributed by atoms with Crippen LogP contribution in [-0.4, -0.2) is 22.4 Å². The summed E-state index contributed by atoms with van der Waals surface area (Å²) in [6, 6.07) is 0. The molecule has 2 nitrogen and oxygen atoms in total. The molecule has 4 atom stereocenters. The van der Waals surface area contributed by atoms with Crippen LogP contribution >= 0.6 is 0 Å². The van der Waals surface area contributed by atoms with E-state index in [-0.39, 0.29) is 23.2 Å². The quantitative estimate of drug-likeness (QED) is 0.802. The fourth-order valence-electron chi connectivity index (χ4n) is 4.03. The highest BCUT2D eigenvalue weighted by atomic mass is 16.5. The second-order valence-electron chi connectivity index (χ2n) is 7.44. The van der Waals surface area contributed by atoms with Crippen molar-refractivity contribution in [3.8, 4) is 0 Å². The van der Waals surface area contributed by atoms with E-state index in [0.717, 1.165) is 12.3 Å². The molecule has 1 saturated heterocycles. The maximum absolute atomic E-state index is 10.7. The average Bonchev–Trinajstić information content (AvgIpc) is 2.66. The lowest BCUT2D eigenvalue weighted by atomic mass is 9.77. The first-order chi connectivity index (χ1) is 7.71. The minimum Gasteiger partial charge on any atom is -0.392 e. The summed E-state index contributed by atoms with van der Waals surface area (Å²) in [5.41, 5.74) is -0.270. The van der Waals surface area contributed by atoms with Crippen molar-refractivity contribution in [2.45, 2.75) is 77.6 Å². The first-order valence-corrected chi connectivity index (χ1v) is 7.09. The summed E-state index contributed by atoms with van der Waals surface area (Å²) in [5, 5.41) is 10.7. The molecule has 0 bridgehead atoms. The third kappa shape index (κ3) is 2.68. The standard InChI is InChI=1S/C15H28O2/c1-10-6-7-11(8-10)13(16)12-9-14(2,3)17-15(12,4)5/h10-13,16H,6-9H2,1-5H3. The van der Waals surface area contributed by atoms with Crippen molar-refractivity contribution in [2.24, 2.45) is 17.8 Å². The second kappa shape index (κ2) is 4.24. The molecule has 0 aromatic carbocycles. The summed E-state index contributed by atoms with van der Waals surface area (Å²) in [6.07, 6.45) is 4.45. The van der Waals surface area contributed by atoms with Crippen molar-refractivity contribution < 1.29 is 9.84 Å². The molecule has 2 aliphatic rings. The van der Waals surface area contributed by atoms with Crippen LogP contribution in [0.3, 0.4) is 0 Å². The zero-order valence-electron chi connectivity index (χ0n) is 12.0. The highest BCUT2D eigenvalue weighted by molar-refractivity contribution is 4.99. The number of ether oxygens (including phenoxy) is 1. The third-order valence-electron chi connectivity index (χ3n) is 4.77. The molecule has 0 aromatic rings. The van der Waals surface area contributed by atoms with E-state index >= 15 is 0 Å². The number of hydrogen-bond donors (Lipinski definition) is 1. The molecule has 1 aliphatic carbocycles. The van der Waals surface area contributed by atoms with Gasteiger partial charge in [0.15, 0.2) is 0 Å². The molecule has 1 N–H and O–H groups in total. The maximum Gasteiger partial charge on any atom is 0.0687 e. The maximum atomic E-state index is 10.7. The molecule has 1 aliphatic heterocycles. The molecule has 17 heavy (non-hydrogen) atoms. The van der Waals surface area contributed by atoms with Gasteiger partial charge in [0.05, 0.1) is 17.3 Å². The van der Waals surface area contributed by atoms with Crippen LogP contribution in [-0.2, 0) is 4.74 Å². The first kappa shape index (κ1) is 13.4. The number of aliphatic hydroxyl groups excluding tert-OH is 1. The Balaban J connectivity index is 2.06. The van der Waals surface area contributed by atoms with Crippen LogP contribution in [0.5, 0.6) is 0 Å². The van der Waals surface area contributed by atoms with E-state index in [9.17, 15) is 5.11 Å². The van der Waals surface area contributed by atoms with Crippen molar-refractivity contribution >= 4 is 0 Å². The topological polar surface area (TPSA) is 29.5 Å². The van der Waals surface area contributed by atoms with Gasteiger partial charge >= 0.3 is 0 Å². The van der Waals surface area contributed by atoms with E-state index in [2.05, 4.69) is 34.6 Å². The van der Waals surface area contributed by atoms with Gasteiger partial charge in [-0.05, 0) is 58.8 Å². The summed E-state index contributed by atoms with van der Waals surface area (Å²) in [7, 11) is 0. The SMILES string of the molecule is CC1CCC(C(O)C2CC(C)(C)OC2(C)C)C1. The normalized spacial score (nSPS) is 41.6. The minimum absolute atomic E-state index is 0.0840. The summed E-state index contributed by atoms with van der Waals surface area (Å²) >= 11 is 0. The highest BCUT2D eigenvalue weighted by Gasteiger charge is 2.50. The average molecular weight is 240 g/mol. The number of rotatable bonds is 2. The van der Waals surface area contributed by atoms with Gasteiger partial charge in [-0.3, -0.25) is 0 Å². The fourth-order valence-corrected chi connectivity index (χ4v) is 4.03. The van der Waals surface area contributed by atoms with Crippen LogP contribution in [0.25, 0.3) is 0 Å². The predicted molar refractivity (Wildman–Crippen MR) is 69.9 cm³/mol. The van der Waals surface area contributed by atoms with Gasteiger partial charge in [-0.15, -0.1) is 0 Å². The lowest BCUT2D eigenvalue weighted by molar-refractivity contribution is -0.0934. The fraction of sp³-hybridized carbons (Fsp3) is 1.00. The zero-order chi connectivity index (χ0) is 12.8. The van der Waals surface area contributed by atoms with Gasteiger partial charge in [0.2, 0.25) is 0 Å². The molecular formula is C15H28O2. The van der Waals surface area contributed by atoms with Gasteiger partial charge in [-0.25, -0.2) is 0 Å². The van der Waals surface area contributed by atoms with Gasteiger partial charge in [0, 0.05) is 5.92 Å². The largest absolute Gasteiger partial charge is 0.392 e. The lowest BCUT2D eigenvalue weighted by Gasteiger charge is -2.33. The predicted octanol–water partition coefficient (Wildman–Crippen LogP) is 3.38. The molecule has 2 heteroatoms. The minimum atomic E-state index is -0.186. The summed E-state index contributed by atoms with van der Waals surface area (Å²) < 4.78 is 6.10. The molecule has 1 saturated carbocycles. The molecule has 4 unspecified atom stereocenters. The Hall–Kier alpha value is -0.0800. The smallest absolute Gasteiger partial charge is 0.0687 e. The second-order valence-corrected chi connectivity index (χ2v) is 7.44. The molecular weight excluding hydrogens is 212 g/mol. The zero-order valence-corrected chi connectivity index (χ0v) is 12.0. The van der Waals surface area contributed by atoms with E-state index in [4.69, 9.17) is 4.74 Å². The van der Waals surface area contributed by atoms with Crippen LogP contribution in [0.15, 0.2) is 0 Å². The lowest BCUT2D eigenvalue weighted by Crippen LogP contribution is -2.39. The van der Waals surface area contributed by atoms with Crippen molar-refractivity contribution in [1.82, 2.24) is 0 Å². The van der Waals surface area contributed by atoms with E-state index in [1.807, 2.05) is 0 Å². The summed E-state index contributed by atoms with van der Waals surface area (Å²) in [5.74, 6) is 1.56. The van der Waals surface area contributed by atoms with Gasteiger partial charge in [-0.2, -0.15) is 0 Å². The summed E-state index contributed by atoms with van der Waals surface area (Å²) in [4.78, 5) is 0. The van der Waals surface area contributed by atoms with Crippen LogP contribution in [0, 0.1) is 17.8 Å². The Morgan fingerprint density at radius 2 is 1.82 bits per heavy atom. The molecule has 0 radical (unpaired) electrons. The molecule has 0 spiro atoms. The third-order valence-corrected chi connectivity index (χ3v) is 4.77.